The lowest BCUT2D eigenvalue weighted by atomic mass is 9.99. The second-order valence-electron chi connectivity index (χ2n) is 3.65. The van der Waals surface area contributed by atoms with Crippen molar-refractivity contribution in [1.29, 1.82) is 0 Å². The molecular formula is C11H12BrClS. The van der Waals surface area contributed by atoms with Crippen molar-refractivity contribution in [3.8, 4) is 0 Å². The summed E-state index contributed by atoms with van der Waals surface area (Å²) in [4.78, 5) is 0. The van der Waals surface area contributed by atoms with E-state index < -0.39 is 0 Å². The van der Waals surface area contributed by atoms with Gasteiger partial charge in [-0.25, -0.2) is 0 Å². The molecule has 1 aliphatic heterocycles. The van der Waals surface area contributed by atoms with E-state index in [0.29, 0.717) is 11.3 Å². The first kappa shape index (κ1) is 10.8. The topological polar surface area (TPSA) is 0 Å². The molecule has 1 aromatic rings. The highest BCUT2D eigenvalue weighted by Crippen LogP contribution is 2.31. The third-order valence-corrected chi connectivity index (χ3v) is 4.95. The molecule has 1 heterocycles. The quantitative estimate of drug-likeness (QED) is 0.743. The van der Waals surface area contributed by atoms with Gasteiger partial charge in [0.05, 0.1) is 0 Å². The van der Waals surface area contributed by atoms with E-state index >= 15 is 0 Å². The van der Waals surface area contributed by atoms with E-state index in [1.807, 2.05) is 11.8 Å². The Kier molecular flexibility index (Phi) is 3.80. The van der Waals surface area contributed by atoms with Gasteiger partial charge in [0.2, 0.25) is 0 Å². The molecule has 0 aliphatic carbocycles. The first-order valence-corrected chi connectivity index (χ1v) is 7.10. The van der Waals surface area contributed by atoms with E-state index in [-0.39, 0.29) is 0 Å². The van der Waals surface area contributed by atoms with Crippen LogP contribution in [0.5, 0.6) is 0 Å². The molecule has 3 heteroatoms. The van der Waals surface area contributed by atoms with Crippen molar-refractivity contribution >= 4 is 39.3 Å². The van der Waals surface area contributed by atoms with Crippen molar-refractivity contribution < 1.29 is 0 Å². The van der Waals surface area contributed by atoms with Gasteiger partial charge in [0.15, 0.2) is 0 Å². The molecule has 2 atom stereocenters. The first-order chi connectivity index (χ1) is 6.75. The van der Waals surface area contributed by atoms with Crippen LogP contribution in [-0.4, -0.2) is 16.9 Å². The van der Waals surface area contributed by atoms with E-state index in [4.69, 9.17) is 11.6 Å². The molecule has 14 heavy (non-hydrogen) atoms. The molecule has 2 unspecified atom stereocenters. The average Bonchev–Trinajstić information content (AvgIpc) is 2.52. The van der Waals surface area contributed by atoms with Crippen LogP contribution in [0.2, 0.25) is 0 Å². The molecule has 0 spiro atoms. The Morgan fingerprint density at radius 1 is 1.43 bits per heavy atom. The SMILES string of the molecule is ClC1CSCC1Cc1cccc(Br)c1. The molecule has 0 saturated carbocycles. The molecule has 0 N–H and O–H groups in total. The van der Waals surface area contributed by atoms with E-state index in [1.54, 1.807) is 0 Å². The van der Waals surface area contributed by atoms with Gasteiger partial charge in [0.1, 0.15) is 0 Å². The maximum Gasteiger partial charge on any atom is 0.0465 e. The van der Waals surface area contributed by atoms with Gasteiger partial charge < -0.3 is 0 Å². The molecular weight excluding hydrogens is 280 g/mol. The van der Waals surface area contributed by atoms with Gasteiger partial charge in [-0.3, -0.25) is 0 Å². The number of halogens is 2. The van der Waals surface area contributed by atoms with Crippen molar-refractivity contribution in [3.05, 3.63) is 34.3 Å². The molecule has 0 aromatic heterocycles. The maximum atomic E-state index is 6.24. The lowest BCUT2D eigenvalue weighted by molar-refractivity contribution is 0.603. The monoisotopic (exact) mass is 290 g/mol. The van der Waals surface area contributed by atoms with Crippen LogP contribution in [0.15, 0.2) is 28.7 Å². The van der Waals surface area contributed by atoms with Gasteiger partial charge in [-0.1, -0.05) is 28.1 Å². The predicted molar refractivity (Wildman–Crippen MR) is 68.3 cm³/mol. The minimum Gasteiger partial charge on any atom is -0.160 e. The van der Waals surface area contributed by atoms with Crippen LogP contribution in [-0.2, 0) is 6.42 Å². The summed E-state index contributed by atoms with van der Waals surface area (Å²) in [6.45, 7) is 0. The van der Waals surface area contributed by atoms with E-state index in [0.717, 1.165) is 16.6 Å². The summed E-state index contributed by atoms with van der Waals surface area (Å²) in [6, 6.07) is 8.51. The van der Waals surface area contributed by atoms with Gasteiger partial charge in [-0.2, -0.15) is 11.8 Å². The van der Waals surface area contributed by atoms with Crippen molar-refractivity contribution in [3.63, 3.8) is 0 Å². The van der Waals surface area contributed by atoms with E-state index in [9.17, 15) is 0 Å². The standard InChI is InChI=1S/C11H12BrClS/c12-10-3-1-2-8(5-10)4-9-6-14-7-11(9)13/h1-3,5,9,11H,4,6-7H2. The highest BCUT2D eigenvalue weighted by Gasteiger charge is 2.25. The average molecular weight is 292 g/mol. The molecule has 76 valence electrons. The summed E-state index contributed by atoms with van der Waals surface area (Å²) < 4.78 is 1.16. The fourth-order valence-corrected chi connectivity index (χ4v) is 4.01. The Morgan fingerprint density at radius 2 is 2.29 bits per heavy atom. The number of hydrogen-bond donors (Lipinski definition) is 0. The zero-order valence-corrected chi connectivity index (χ0v) is 10.9. The maximum absolute atomic E-state index is 6.24. The highest BCUT2D eigenvalue weighted by molar-refractivity contribution is 9.10. The number of rotatable bonds is 2. The van der Waals surface area contributed by atoms with Crippen LogP contribution >= 0.6 is 39.3 Å². The Labute approximate surface area is 103 Å². The van der Waals surface area contributed by atoms with Gasteiger partial charge in [0, 0.05) is 15.6 Å². The summed E-state index contributed by atoms with van der Waals surface area (Å²) in [6.07, 6.45) is 1.11. The number of benzene rings is 1. The lowest BCUT2D eigenvalue weighted by Crippen LogP contribution is -2.14. The summed E-state index contributed by atoms with van der Waals surface area (Å²) in [5, 5.41) is 0.360. The largest absolute Gasteiger partial charge is 0.160 e. The molecule has 1 aliphatic rings. The van der Waals surface area contributed by atoms with Crippen LogP contribution in [0.3, 0.4) is 0 Å². The third kappa shape index (κ3) is 2.68. The van der Waals surface area contributed by atoms with Crippen LogP contribution in [0, 0.1) is 5.92 Å². The third-order valence-electron chi connectivity index (χ3n) is 2.51. The smallest absolute Gasteiger partial charge is 0.0465 e. The molecule has 0 amide bonds. The Hall–Kier alpha value is 0.340. The minimum atomic E-state index is 0.360. The summed E-state index contributed by atoms with van der Waals surface area (Å²) in [5.41, 5.74) is 1.39. The van der Waals surface area contributed by atoms with Crippen LogP contribution < -0.4 is 0 Å². The Balaban J connectivity index is 2.03. The molecule has 1 fully saturated rings. The minimum absolute atomic E-state index is 0.360. The van der Waals surface area contributed by atoms with Crippen LogP contribution in [0.4, 0.5) is 0 Å². The predicted octanol–water partition coefficient (Wildman–Crippen LogP) is 3.96. The van der Waals surface area contributed by atoms with Gasteiger partial charge in [0.25, 0.3) is 0 Å². The second kappa shape index (κ2) is 4.91. The number of alkyl halides is 1. The van der Waals surface area contributed by atoms with Gasteiger partial charge in [-0.05, 0) is 35.8 Å². The van der Waals surface area contributed by atoms with Crippen LogP contribution in [0.25, 0.3) is 0 Å². The summed E-state index contributed by atoms with van der Waals surface area (Å²) in [7, 11) is 0. The van der Waals surface area contributed by atoms with E-state index in [1.165, 1.54) is 11.3 Å². The van der Waals surface area contributed by atoms with Crippen molar-refractivity contribution in [1.82, 2.24) is 0 Å². The normalized spacial score (nSPS) is 26.7. The molecule has 1 saturated heterocycles. The van der Waals surface area contributed by atoms with Crippen molar-refractivity contribution in [2.24, 2.45) is 5.92 Å². The van der Waals surface area contributed by atoms with Crippen molar-refractivity contribution in [2.45, 2.75) is 11.8 Å². The van der Waals surface area contributed by atoms with E-state index in [2.05, 4.69) is 40.2 Å². The second-order valence-corrected chi connectivity index (χ2v) is 6.20. The molecule has 2 rings (SSSR count). The zero-order chi connectivity index (χ0) is 9.97. The Bertz CT molecular complexity index is 316. The fourth-order valence-electron chi connectivity index (χ4n) is 1.73. The number of thioether (sulfide) groups is 1. The molecule has 1 aromatic carbocycles. The van der Waals surface area contributed by atoms with Crippen molar-refractivity contribution in [2.75, 3.05) is 11.5 Å². The number of hydrogen-bond acceptors (Lipinski definition) is 1. The summed E-state index contributed by atoms with van der Waals surface area (Å²) >= 11 is 11.7. The zero-order valence-electron chi connectivity index (χ0n) is 7.75. The Morgan fingerprint density at radius 3 is 2.93 bits per heavy atom. The lowest BCUT2D eigenvalue weighted by Gasteiger charge is -2.12. The highest BCUT2D eigenvalue weighted by atomic mass is 79.9. The van der Waals surface area contributed by atoms with Crippen LogP contribution in [0.1, 0.15) is 5.56 Å². The molecule has 0 radical (unpaired) electrons. The molecule has 0 nitrogen and oxygen atoms in total. The summed E-state index contributed by atoms with van der Waals surface area (Å²) in [5.74, 6) is 2.97. The van der Waals surface area contributed by atoms with Gasteiger partial charge >= 0.3 is 0 Å². The fraction of sp³-hybridized carbons (Fsp3) is 0.455. The first-order valence-electron chi connectivity index (χ1n) is 4.72. The van der Waals surface area contributed by atoms with Gasteiger partial charge in [-0.15, -0.1) is 11.6 Å². The molecule has 0 bridgehead atoms.